The molecule has 134 valence electrons. The summed E-state index contributed by atoms with van der Waals surface area (Å²) in [4.78, 5) is 12.4. The van der Waals surface area contributed by atoms with Gasteiger partial charge in [0.25, 0.3) is 0 Å². The monoisotopic (exact) mass is 382 g/mol. The number of esters is 1. The van der Waals surface area contributed by atoms with Crippen molar-refractivity contribution in [2.45, 2.75) is 22.0 Å². The predicted molar refractivity (Wildman–Crippen MR) is 94.7 cm³/mol. The summed E-state index contributed by atoms with van der Waals surface area (Å²) >= 11 is 0. The molecule has 1 aliphatic rings. The molecule has 6 nitrogen and oxygen atoms in total. The molecule has 0 spiro atoms. The summed E-state index contributed by atoms with van der Waals surface area (Å²) in [5.41, 5.74) is 0.186. The van der Waals surface area contributed by atoms with Gasteiger partial charge in [0.2, 0.25) is 0 Å². The van der Waals surface area contributed by atoms with Crippen molar-refractivity contribution >= 4 is 26.4 Å². The lowest BCUT2D eigenvalue weighted by Gasteiger charge is -2.27. The van der Waals surface area contributed by atoms with Gasteiger partial charge in [-0.05, 0) is 31.2 Å². The third-order valence-corrected chi connectivity index (χ3v) is 8.22. The van der Waals surface area contributed by atoms with Crippen LogP contribution in [0.4, 0.5) is 0 Å². The van der Waals surface area contributed by atoms with Crippen LogP contribution in [0.1, 0.15) is 28.1 Å². The maximum absolute atomic E-state index is 13.1. The zero-order valence-corrected chi connectivity index (χ0v) is 15.1. The van der Waals surface area contributed by atoms with Crippen LogP contribution in [0.3, 0.4) is 0 Å². The molecule has 1 aliphatic heterocycles. The first kappa shape index (κ1) is 17.9. The second-order valence-corrected chi connectivity index (χ2v) is 9.86. The highest BCUT2D eigenvalue weighted by molar-refractivity contribution is 8.25. The lowest BCUT2D eigenvalue weighted by molar-refractivity contribution is 0.0525. The summed E-state index contributed by atoms with van der Waals surface area (Å²) < 4.78 is 51.9. The molecule has 1 atom stereocenters. The van der Waals surface area contributed by atoms with Crippen molar-refractivity contribution in [2.24, 2.45) is 0 Å². The van der Waals surface area contributed by atoms with Crippen LogP contribution < -0.4 is 0 Å². The van der Waals surface area contributed by atoms with Crippen molar-refractivity contribution in [1.82, 2.24) is 0 Å². The van der Waals surface area contributed by atoms with E-state index in [4.69, 9.17) is 4.74 Å². The SMILES string of the molecule is CCOC(=O)c1cccc2c1C(S(=O)(=O)c1ccccc1)CS2(O)O. The van der Waals surface area contributed by atoms with Crippen LogP contribution in [0.15, 0.2) is 58.3 Å². The maximum Gasteiger partial charge on any atom is 0.338 e. The van der Waals surface area contributed by atoms with Crippen molar-refractivity contribution in [3.8, 4) is 0 Å². The fourth-order valence-corrected chi connectivity index (χ4v) is 7.41. The molecule has 2 aromatic rings. The van der Waals surface area contributed by atoms with Crippen molar-refractivity contribution in [3.63, 3.8) is 0 Å². The largest absolute Gasteiger partial charge is 0.462 e. The Balaban J connectivity index is 2.20. The standard InChI is InChI=1S/C17H18O6S2/c1-2-23-17(18)13-9-6-10-14-16(13)15(11-24(14,19)20)25(21,22)12-7-4-3-5-8-12/h3-10,15,19-20H,2,11H2,1H3. The number of sulfone groups is 1. The van der Waals surface area contributed by atoms with E-state index in [0.717, 1.165) is 0 Å². The Morgan fingerprint density at radius 1 is 1.16 bits per heavy atom. The number of fused-ring (bicyclic) bond motifs is 1. The Morgan fingerprint density at radius 3 is 2.48 bits per heavy atom. The predicted octanol–water partition coefficient (Wildman–Crippen LogP) is 3.50. The highest BCUT2D eigenvalue weighted by Gasteiger charge is 2.45. The lowest BCUT2D eigenvalue weighted by Crippen LogP contribution is -2.18. The molecule has 8 heteroatoms. The van der Waals surface area contributed by atoms with Gasteiger partial charge in [-0.1, -0.05) is 24.3 Å². The molecular weight excluding hydrogens is 364 g/mol. The summed E-state index contributed by atoms with van der Waals surface area (Å²) in [7, 11) is -7.20. The number of carbonyl (C=O) groups is 1. The molecule has 0 saturated heterocycles. The molecule has 2 aromatic carbocycles. The average molecular weight is 382 g/mol. The molecule has 25 heavy (non-hydrogen) atoms. The summed E-state index contributed by atoms with van der Waals surface area (Å²) in [5.74, 6) is -1.04. The quantitative estimate of drug-likeness (QED) is 0.785. The van der Waals surface area contributed by atoms with Crippen LogP contribution >= 0.6 is 10.6 Å². The first-order valence-corrected chi connectivity index (χ1v) is 10.9. The van der Waals surface area contributed by atoms with E-state index in [2.05, 4.69) is 0 Å². The van der Waals surface area contributed by atoms with E-state index in [1.54, 1.807) is 25.1 Å². The van der Waals surface area contributed by atoms with E-state index in [0.29, 0.717) is 0 Å². The summed E-state index contributed by atoms with van der Waals surface area (Å²) in [6.07, 6.45) is 0. The first-order valence-electron chi connectivity index (χ1n) is 7.64. The van der Waals surface area contributed by atoms with E-state index in [9.17, 15) is 22.3 Å². The normalized spacial score (nSPS) is 19.9. The van der Waals surface area contributed by atoms with Crippen LogP contribution in [0.2, 0.25) is 0 Å². The number of carbonyl (C=O) groups excluding carboxylic acids is 1. The summed E-state index contributed by atoms with van der Waals surface area (Å²) in [6, 6.07) is 12.2. The molecule has 0 aliphatic carbocycles. The molecule has 0 aromatic heterocycles. The highest BCUT2D eigenvalue weighted by Crippen LogP contribution is 2.62. The number of hydrogen-bond acceptors (Lipinski definition) is 6. The van der Waals surface area contributed by atoms with Crippen molar-refractivity contribution in [2.75, 3.05) is 12.4 Å². The molecule has 3 rings (SSSR count). The summed E-state index contributed by atoms with van der Waals surface area (Å²) in [6.45, 7) is 1.78. The average Bonchev–Trinajstić information content (AvgIpc) is 2.88. The Kier molecular flexibility index (Phi) is 4.63. The zero-order chi connectivity index (χ0) is 18.2. The molecule has 0 amide bonds. The number of hydrogen-bond donors (Lipinski definition) is 2. The molecule has 0 saturated carbocycles. The number of rotatable bonds is 4. The van der Waals surface area contributed by atoms with Gasteiger partial charge in [-0.25, -0.2) is 13.2 Å². The summed E-state index contributed by atoms with van der Waals surface area (Å²) in [5, 5.41) is -1.21. The van der Waals surface area contributed by atoms with Crippen LogP contribution in [-0.4, -0.2) is 35.9 Å². The minimum absolute atomic E-state index is 0.0568. The molecule has 1 unspecified atom stereocenters. The first-order chi connectivity index (χ1) is 11.8. The number of benzene rings is 2. The highest BCUT2D eigenvalue weighted by atomic mass is 32.3. The second kappa shape index (κ2) is 6.45. The van der Waals surface area contributed by atoms with Gasteiger partial charge in [0, 0.05) is 5.56 Å². The zero-order valence-electron chi connectivity index (χ0n) is 13.5. The minimum atomic E-state index is -3.90. The molecule has 2 N–H and O–H groups in total. The van der Waals surface area contributed by atoms with E-state index < -0.39 is 31.6 Å². The van der Waals surface area contributed by atoms with Gasteiger partial charge in [0.1, 0.15) is 5.25 Å². The molecule has 0 bridgehead atoms. The van der Waals surface area contributed by atoms with Crippen LogP contribution in [0, 0.1) is 0 Å². The third-order valence-electron chi connectivity index (χ3n) is 4.07. The van der Waals surface area contributed by atoms with Crippen molar-refractivity contribution in [3.05, 3.63) is 59.7 Å². The Hall–Kier alpha value is -1.87. The maximum atomic E-state index is 13.1. The van der Waals surface area contributed by atoms with Crippen molar-refractivity contribution in [1.29, 1.82) is 0 Å². The molecule has 1 heterocycles. The van der Waals surface area contributed by atoms with Crippen LogP contribution in [0.5, 0.6) is 0 Å². The van der Waals surface area contributed by atoms with Gasteiger partial charge in [-0.3, -0.25) is 9.11 Å². The Bertz CT molecular complexity index is 906. The van der Waals surface area contributed by atoms with Gasteiger partial charge >= 0.3 is 5.97 Å². The van der Waals surface area contributed by atoms with Gasteiger partial charge in [-0.15, -0.1) is 0 Å². The molecule has 0 fully saturated rings. The Labute approximate surface area is 147 Å². The number of ether oxygens (including phenoxy) is 1. The Morgan fingerprint density at radius 2 is 1.84 bits per heavy atom. The van der Waals surface area contributed by atoms with Crippen LogP contribution in [0.25, 0.3) is 0 Å². The van der Waals surface area contributed by atoms with E-state index >= 15 is 0 Å². The fraction of sp³-hybridized carbons (Fsp3) is 0.235. The minimum Gasteiger partial charge on any atom is -0.462 e. The van der Waals surface area contributed by atoms with Crippen LogP contribution in [-0.2, 0) is 14.6 Å². The smallest absolute Gasteiger partial charge is 0.338 e. The van der Waals surface area contributed by atoms with Crippen molar-refractivity contribution < 1.29 is 27.1 Å². The van der Waals surface area contributed by atoms with E-state index in [-0.39, 0.29) is 33.3 Å². The third kappa shape index (κ3) is 3.06. The molecule has 0 radical (unpaired) electrons. The van der Waals surface area contributed by atoms with E-state index in [1.165, 1.54) is 30.3 Å². The topological polar surface area (TPSA) is 101 Å². The van der Waals surface area contributed by atoms with Gasteiger partial charge < -0.3 is 4.74 Å². The second-order valence-electron chi connectivity index (χ2n) is 5.62. The van der Waals surface area contributed by atoms with Gasteiger partial charge in [-0.2, -0.15) is 10.6 Å². The fourth-order valence-electron chi connectivity index (χ4n) is 2.95. The van der Waals surface area contributed by atoms with Gasteiger partial charge in [0.15, 0.2) is 9.84 Å². The van der Waals surface area contributed by atoms with E-state index in [1.807, 2.05) is 0 Å². The van der Waals surface area contributed by atoms with Gasteiger partial charge in [0.05, 0.1) is 27.7 Å². The lowest BCUT2D eigenvalue weighted by atomic mass is 10.1. The molecular formula is C17H18O6S2.